The van der Waals surface area contributed by atoms with Crippen molar-refractivity contribution in [3.8, 4) is 0 Å². The second-order valence-electron chi connectivity index (χ2n) is 8.35. The number of nitrogens with one attached hydrogen (secondary N) is 1. The summed E-state index contributed by atoms with van der Waals surface area (Å²) in [5.74, 6) is 0. The van der Waals surface area contributed by atoms with E-state index in [9.17, 15) is 20.1 Å². The summed E-state index contributed by atoms with van der Waals surface area (Å²) >= 11 is 0. The van der Waals surface area contributed by atoms with E-state index in [1.807, 2.05) is 0 Å². The molecule has 0 aromatic rings. The monoisotopic (exact) mass is 449 g/mol. The third-order valence-corrected chi connectivity index (χ3v) is 5.88. The van der Waals surface area contributed by atoms with Crippen molar-refractivity contribution >= 4 is 6.09 Å². The summed E-state index contributed by atoms with van der Waals surface area (Å²) in [5, 5.41) is 33.6. The molecule has 12 nitrogen and oxygen atoms in total. The number of amides is 1. The highest BCUT2D eigenvalue weighted by molar-refractivity contribution is 5.67. The number of ether oxygens (including phenoxy) is 3. The summed E-state index contributed by atoms with van der Waals surface area (Å²) in [6.07, 6.45) is -4.59. The lowest BCUT2D eigenvalue weighted by Crippen LogP contribution is -2.68. The van der Waals surface area contributed by atoms with Gasteiger partial charge in [-0.15, -0.1) is 0 Å². The van der Waals surface area contributed by atoms with E-state index in [0.29, 0.717) is 6.54 Å². The quantitative estimate of drug-likeness (QED) is 0.168. The zero-order valence-electron chi connectivity index (χ0n) is 18.0. The molecule has 0 bridgehead atoms. The van der Waals surface area contributed by atoms with Crippen LogP contribution in [0.2, 0.25) is 0 Å². The number of hydrogen-bond acceptors (Lipinski definition) is 11. The molecule has 1 heterocycles. The van der Waals surface area contributed by atoms with Gasteiger partial charge in [0, 0.05) is 25.2 Å². The van der Waals surface area contributed by atoms with Crippen molar-refractivity contribution in [2.45, 2.75) is 100 Å². The molecule has 1 saturated heterocycles. The Balaban J connectivity index is 1.97. The van der Waals surface area contributed by atoms with Crippen LogP contribution in [0.3, 0.4) is 0 Å². The van der Waals surface area contributed by atoms with Gasteiger partial charge < -0.3 is 57.8 Å². The normalized spacial score (nSPS) is 41.0. The fraction of sp³-hybridized carbons (Fsp3) is 0.947. The van der Waals surface area contributed by atoms with Crippen molar-refractivity contribution in [3.63, 3.8) is 0 Å². The Labute approximate surface area is 182 Å². The van der Waals surface area contributed by atoms with Crippen molar-refractivity contribution in [2.24, 2.45) is 22.9 Å². The maximum Gasteiger partial charge on any atom is 0.407 e. The van der Waals surface area contributed by atoms with Crippen LogP contribution in [-0.2, 0) is 14.2 Å². The second-order valence-corrected chi connectivity index (χ2v) is 8.35. The summed E-state index contributed by atoms with van der Waals surface area (Å²) in [6.45, 7) is 2.49. The van der Waals surface area contributed by atoms with Crippen molar-refractivity contribution in [1.82, 2.24) is 5.32 Å². The van der Waals surface area contributed by atoms with Crippen LogP contribution in [0.4, 0.5) is 4.79 Å². The molecule has 0 spiro atoms. The summed E-state index contributed by atoms with van der Waals surface area (Å²) in [5.41, 5.74) is 23.7. The van der Waals surface area contributed by atoms with Crippen molar-refractivity contribution in [2.75, 3.05) is 13.1 Å². The van der Waals surface area contributed by atoms with Crippen LogP contribution in [0.1, 0.15) is 39.0 Å². The lowest BCUT2D eigenvalue weighted by molar-refractivity contribution is -0.287. The van der Waals surface area contributed by atoms with E-state index in [1.54, 1.807) is 0 Å². The number of hydrogen-bond donors (Lipinski definition) is 8. The van der Waals surface area contributed by atoms with Crippen LogP contribution >= 0.6 is 0 Å². The van der Waals surface area contributed by atoms with Crippen molar-refractivity contribution in [3.05, 3.63) is 0 Å². The van der Waals surface area contributed by atoms with Crippen LogP contribution in [0.15, 0.2) is 0 Å². The number of unbranched alkanes of at least 4 members (excludes halogenated alkanes) is 3. The molecule has 0 aromatic carbocycles. The Morgan fingerprint density at radius 3 is 2.35 bits per heavy atom. The number of nitrogens with two attached hydrogens (primary N) is 4. The maximum absolute atomic E-state index is 12.1. The molecule has 2 aliphatic rings. The highest BCUT2D eigenvalue weighted by Crippen LogP contribution is 2.28. The molecule has 10 atom stereocenters. The topological polar surface area (TPSA) is 222 Å². The van der Waals surface area contributed by atoms with E-state index >= 15 is 0 Å². The molecule has 12 N–H and O–H groups in total. The van der Waals surface area contributed by atoms with Gasteiger partial charge in [-0.1, -0.05) is 26.2 Å². The van der Waals surface area contributed by atoms with Gasteiger partial charge in [0.1, 0.15) is 36.6 Å². The molecule has 1 saturated carbocycles. The minimum atomic E-state index is -1.35. The number of aliphatic hydroxyl groups is 3. The molecule has 0 unspecified atom stereocenters. The minimum absolute atomic E-state index is 0.0703. The van der Waals surface area contributed by atoms with Gasteiger partial charge in [-0.3, -0.25) is 0 Å². The van der Waals surface area contributed by atoms with E-state index in [1.165, 1.54) is 0 Å². The van der Waals surface area contributed by atoms with Crippen molar-refractivity contribution in [1.29, 1.82) is 0 Å². The van der Waals surface area contributed by atoms with Gasteiger partial charge in [0.25, 0.3) is 0 Å². The molecule has 1 aliphatic heterocycles. The summed E-state index contributed by atoms with van der Waals surface area (Å²) < 4.78 is 16.7. The van der Waals surface area contributed by atoms with E-state index in [2.05, 4.69) is 12.2 Å². The zero-order chi connectivity index (χ0) is 23.1. The van der Waals surface area contributed by atoms with E-state index in [0.717, 1.165) is 25.7 Å². The van der Waals surface area contributed by atoms with Gasteiger partial charge >= 0.3 is 6.09 Å². The number of carbonyl (C=O) groups is 1. The molecule has 1 aliphatic carbocycles. The number of rotatable bonds is 9. The molecule has 1 amide bonds. The molecule has 0 radical (unpaired) electrons. The van der Waals surface area contributed by atoms with Crippen molar-refractivity contribution < 1.29 is 34.3 Å². The molecule has 0 aromatic heterocycles. The van der Waals surface area contributed by atoms with Crippen LogP contribution < -0.4 is 28.3 Å². The minimum Gasteiger partial charge on any atom is -0.442 e. The maximum atomic E-state index is 12.1. The second kappa shape index (κ2) is 12.2. The first-order valence-corrected chi connectivity index (χ1v) is 11.0. The molecule has 182 valence electrons. The Morgan fingerprint density at radius 1 is 1.03 bits per heavy atom. The first-order valence-electron chi connectivity index (χ1n) is 11.0. The zero-order valence-corrected chi connectivity index (χ0v) is 18.0. The highest BCUT2D eigenvalue weighted by Gasteiger charge is 2.49. The number of aliphatic hydroxyl groups excluding tert-OH is 3. The van der Waals surface area contributed by atoms with Crippen LogP contribution in [0.25, 0.3) is 0 Å². The molecule has 31 heavy (non-hydrogen) atoms. The Morgan fingerprint density at radius 2 is 1.71 bits per heavy atom. The molecule has 2 fully saturated rings. The first-order chi connectivity index (χ1) is 14.7. The smallest absolute Gasteiger partial charge is 0.407 e. The number of alkyl carbamates (subject to hydrolysis) is 1. The standard InChI is InChI=1S/C19H39N5O7/c1-2-3-4-5-6-24-19(28)31-17-10(22)7-9(21)16(15(17)27)30-18-12(23)14(26)13(25)11(8-20)29-18/h9-18,25-27H,2-8,20-23H2,1H3,(H,24,28)/t9-,10+,11+,12+,13+,14+,15-,16+,17-,18+/m0/s1. The van der Waals surface area contributed by atoms with Gasteiger partial charge in [-0.2, -0.15) is 0 Å². The fourth-order valence-corrected chi connectivity index (χ4v) is 3.95. The Bertz CT molecular complexity index is 558. The Hall–Kier alpha value is -1.09. The summed E-state index contributed by atoms with van der Waals surface area (Å²) in [7, 11) is 0. The van der Waals surface area contributed by atoms with Gasteiger partial charge in [-0.25, -0.2) is 4.79 Å². The predicted octanol–water partition coefficient (Wildman–Crippen LogP) is -2.80. The lowest BCUT2D eigenvalue weighted by Gasteiger charge is -2.46. The first kappa shape index (κ1) is 26.2. The number of carbonyl (C=O) groups excluding carboxylic acids is 1. The molecule has 2 rings (SSSR count). The third kappa shape index (κ3) is 6.70. The van der Waals surface area contributed by atoms with Crippen LogP contribution in [0, 0.1) is 0 Å². The third-order valence-electron chi connectivity index (χ3n) is 5.88. The largest absolute Gasteiger partial charge is 0.442 e. The predicted molar refractivity (Wildman–Crippen MR) is 112 cm³/mol. The molecular formula is C19H39N5O7. The van der Waals surface area contributed by atoms with Gasteiger partial charge in [0.2, 0.25) is 0 Å². The fourth-order valence-electron chi connectivity index (χ4n) is 3.95. The average Bonchev–Trinajstić information content (AvgIpc) is 2.73. The van der Waals surface area contributed by atoms with E-state index in [-0.39, 0.29) is 13.0 Å². The molecular weight excluding hydrogens is 410 g/mol. The van der Waals surface area contributed by atoms with Gasteiger partial charge in [0.15, 0.2) is 6.29 Å². The molecule has 12 heteroatoms. The lowest BCUT2D eigenvalue weighted by atomic mass is 9.84. The Kier molecular flexibility index (Phi) is 10.3. The van der Waals surface area contributed by atoms with Crippen LogP contribution in [0.5, 0.6) is 0 Å². The van der Waals surface area contributed by atoms with Gasteiger partial charge in [0.05, 0.1) is 6.04 Å². The highest BCUT2D eigenvalue weighted by atomic mass is 16.7. The van der Waals surface area contributed by atoms with E-state index in [4.69, 9.17) is 37.1 Å². The average molecular weight is 450 g/mol. The van der Waals surface area contributed by atoms with E-state index < -0.39 is 67.1 Å². The summed E-state index contributed by atoms with van der Waals surface area (Å²) in [4.78, 5) is 12.1. The van der Waals surface area contributed by atoms with Crippen LogP contribution in [-0.4, -0.2) is 95.5 Å². The summed E-state index contributed by atoms with van der Waals surface area (Å²) in [6, 6.07) is -2.49. The van der Waals surface area contributed by atoms with Gasteiger partial charge in [-0.05, 0) is 12.8 Å². The SMILES string of the molecule is CCCCCCNC(=O)O[C@@H]1[C@@H](O)[C@H](O[C@H]2O[C@H](CN)[C@@H](O)[C@H](O)[C@H]2N)[C@@H](N)C[C@H]1N.